The Morgan fingerprint density at radius 2 is 2.54 bits per heavy atom. The van der Waals surface area contributed by atoms with E-state index in [-0.39, 0.29) is 12.1 Å². The maximum absolute atomic E-state index is 11.0. The molecule has 0 aliphatic heterocycles. The van der Waals surface area contributed by atoms with Crippen molar-refractivity contribution in [3.05, 3.63) is 17.5 Å². The molecule has 0 spiro atoms. The molecule has 0 unspecified atom stereocenters. The van der Waals surface area contributed by atoms with Crippen LogP contribution in [0.4, 0.5) is 0 Å². The molecule has 0 radical (unpaired) electrons. The molecule has 0 aromatic carbocycles. The van der Waals surface area contributed by atoms with Gasteiger partial charge in [0.15, 0.2) is 5.69 Å². The fourth-order valence-electron chi connectivity index (χ4n) is 0.957. The van der Waals surface area contributed by atoms with Crippen LogP contribution in [0.3, 0.4) is 0 Å². The predicted molar refractivity (Wildman–Crippen MR) is 43.9 cm³/mol. The van der Waals surface area contributed by atoms with Crippen molar-refractivity contribution in [1.82, 2.24) is 9.78 Å². The van der Waals surface area contributed by atoms with Crippen LogP contribution in [0.15, 0.2) is 6.07 Å². The monoisotopic (exact) mass is 179 g/mol. The highest BCUT2D eigenvalue weighted by Crippen LogP contribution is 2.04. The Hall–Kier alpha value is -1.83. The molecule has 0 amide bonds. The first kappa shape index (κ1) is 9.26. The Morgan fingerprint density at radius 1 is 1.85 bits per heavy atom. The van der Waals surface area contributed by atoms with Crippen LogP contribution in [0, 0.1) is 11.3 Å². The van der Waals surface area contributed by atoms with Gasteiger partial charge in [-0.3, -0.25) is 4.68 Å². The second-order valence-electron chi connectivity index (χ2n) is 2.47. The van der Waals surface area contributed by atoms with Crippen molar-refractivity contribution < 1.29 is 9.53 Å². The van der Waals surface area contributed by atoms with Crippen LogP contribution in [0.2, 0.25) is 0 Å². The quantitative estimate of drug-likeness (QED) is 0.611. The Balaban J connectivity index is 2.96. The third-order valence-electron chi connectivity index (χ3n) is 1.63. The van der Waals surface area contributed by atoms with Crippen LogP contribution in [0.5, 0.6) is 0 Å². The zero-order valence-electron chi connectivity index (χ0n) is 7.44. The number of aromatic nitrogens is 2. The zero-order valence-corrected chi connectivity index (χ0v) is 7.44. The van der Waals surface area contributed by atoms with Crippen molar-refractivity contribution in [3.63, 3.8) is 0 Å². The zero-order chi connectivity index (χ0) is 9.84. The second kappa shape index (κ2) is 3.72. The highest BCUT2D eigenvalue weighted by Gasteiger charge is 2.11. The third-order valence-corrected chi connectivity index (χ3v) is 1.63. The average Bonchev–Trinajstić information content (AvgIpc) is 2.47. The number of rotatable bonds is 2. The van der Waals surface area contributed by atoms with Gasteiger partial charge in [-0.05, 0) is 6.07 Å². The van der Waals surface area contributed by atoms with Crippen molar-refractivity contribution >= 4 is 5.97 Å². The number of esters is 1. The van der Waals surface area contributed by atoms with E-state index in [1.165, 1.54) is 11.8 Å². The maximum Gasteiger partial charge on any atom is 0.358 e. The second-order valence-corrected chi connectivity index (χ2v) is 2.47. The molecule has 5 heteroatoms. The molecule has 1 aromatic heterocycles. The summed E-state index contributed by atoms with van der Waals surface area (Å²) in [5, 5.41) is 12.3. The first-order chi connectivity index (χ1) is 6.19. The minimum Gasteiger partial charge on any atom is -0.464 e. The van der Waals surface area contributed by atoms with E-state index in [1.54, 1.807) is 13.1 Å². The summed E-state index contributed by atoms with van der Waals surface area (Å²) in [6.45, 7) is 0. The van der Waals surface area contributed by atoms with Crippen LogP contribution in [-0.4, -0.2) is 22.9 Å². The topological polar surface area (TPSA) is 67.9 Å². The van der Waals surface area contributed by atoms with E-state index in [4.69, 9.17) is 5.26 Å². The summed E-state index contributed by atoms with van der Waals surface area (Å²) in [4.78, 5) is 11.0. The van der Waals surface area contributed by atoms with Gasteiger partial charge in [0.25, 0.3) is 0 Å². The van der Waals surface area contributed by atoms with Crippen molar-refractivity contribution in [2.45, 2.75) is 6.42 Å². The van der Waals surface area contributed by atoms with Crippen LogP contribution in [0.25, 0.3) is 0 Å². The van der Waals surface area contributed by atoms with Crippen LogP contribution in [-0.2, 0) is 18.2 Å². The van der Waals surface area contributed by atoms with Gasteiger partial charge < -0.3 is 4.74 Å². The summed E-state index contributed by atoms with van der Waals surface area (Å²) >= 11 is 0. The molecule has 1 rings (SSSR count). The fourth-order valence-corrected chi connectivity index (χ4v) is 0.957. The first-order valence-corrected chi connectivity index (χ1v) is 3.67. The molecule has 68 valence electrons. The summed E-state index contributed by atoms with van der Waals surface area (Å²) in [5.74, 6) is -0.486. The average molecular weight is 179 g/mol. The number of carbonyl (C=O) groups is 1. The standard InChI is InChI=1S/C8H9N3O2/c1-11-6(3-4-9)5-7(10-11)8(12)13-2/h5H,3H2,1-2H3. The lowest BCUT2D eigenvalue weighted by atomic mass is 10.3. The summed E-state index contributed by atoms with van der Waals surface area (Å²) in [6, 6.07) is 3.53. The molecular formula is C8H9N3O2. The van der Waals surface area contributed by atoms with Gasteiger partial charge in [-0.2, -0.15) is 10.4 Å². The molecule has 0 saturated carbocycles. The molecule has 1 heterocycles. The van der Waals surface area contributed by atoms with E-state index in [2.05, 4.69) is 9.84 Å². The molecule has 13 heavy (non-hydrogen) atoms. The third kappa shape index (κ3) is 1.85. The number of hydrogen-bond donors (Lipinski definition) is 0. The summed E-state index contributed by atoms with van der Waals surface area (Å²) in [5.41, 5.74) is 0.929. The molecule has 5 nitrogen and oxygen atoms in total. The minimum atomic E-state index is -0.486. The van der Waals surface area contributed by atoms with Gasteiger partial charge in [-0.1, -0.05) is 0 Å². The van der Waals surface area contributed by atoms with Gasteiger partial charge in [-0.15, -0.1) is 0 Å². The Morgan fingerprint density at radius 3 is 3.08 bits per heavy atom. The summed E-state index contributed by atoms with van der Waals surface area (Å²) < 4.78 is 5.98. The van der Waals surface area contributed by atoms with E-state index >= 15 is 0 Å². The smallest absolute Gasteiger partial charge is 0.358 e. The molecule has 0 N–H and O–H groups in total. The molecule has 0 aliphatic rings. The van der Waals surface area contributed by atoms with Gasteiger partial charge in [0, 0.05) is 7.05 Å². The maximum atomic E-state index is 11.0. The molecule has 0 saturated heterocycles. The highest BCUT2D eigenvalue weighted by molar-refractivity contribution is 5.87. The van der Waals surface area contributed by atoms with Crippen molar-refractivity contribution in [2.75, 3.05) is 7.11 Å². The molecule has 1 aromatic rings. The highest BCUT2D eigenvalue weighted by atomic mass is 16.5. The Bertz CT molecular complexity index is 362. The minimum absolute atomic E-state index is 0.232. The number of methoxy groups -OCH3 is 1. The van der Waals surface area contributed by atoms with Gasteiger partial charge in [0.05, 0.1) is 25.3 Å². The van der Waals surface area contributed by atoms with E-state index in [0.29, 0.717) is 5.69 Å². The number of aryl methyl sites for hydroxylation is 1. The van der Waals surface area contributed by atoms with E-state index < -0.39 is 5.97 Å². The molecule has 0 aliphatic carbocycles. The first-order valence-electron chi connectivity index (χ1n) is 3.67. The van der Waals surface area contributed by atoms with E-state index in [1.807, 2.05) is 6.07 Å². The number of hydrogen-bond acceptors (Lipinski definition) is 4. The van der Waals surface area contributed by atoms with E-state index in [9.17, 15) is 4.79 Å². The van der Waals surface area contributed by atoms with Gasteiger partial charge in [0.2, 0.25) is 0 Å². The lowest BCUT2D eigenvalue weighted by Gasteiger charge is -1.92. The normalized spacial score (nSPS) is 9.31. The number of nitriles is 1. The molecular weight excluding hydrogens is 170 g/mol. The largest absolute Gasteiger partial charge is 0.464 e. The molecule has 0 bridgehead atoms. The summed E-state index contributed by atoms with van der Waals surface area (Å²) in [6.07, 6.45) is 0.237. The SMILES string of the molecule is COC(=O)c1cc(CC#N)n(C)n1. The predicted octanol–water partition coefficient (Wildman–Crippen LogP) is 0.273. The van der Waals surface area contributed by atoms with Crippen LogP contribution >= 0.6 is 0 Å². The van der Waals surface area contributed by atoms with E-state index in [0.717, 1.165) is 0 Å². The number of carbonyl (C=O) groups excluding carboxylic acids is 1. The number of ether oxygens (including phenoxy) is 1. The Labute approximate surface area is 75.5 Å². The molecule has 0 fully saturated rings. The lowest BCUT2D eigenvalue weighted by molar-refractivity contribution is 0.0593. The fraction of sp³-hybridized carbons (Fsp3) is 0.375. The van der Waals surface area contributed by atoms with Crippen LogP contribution in [0.1, 0.15) is 16.2 Å². The van der Waals surface area contributed by atoms with Crippen molar-refractivity contribution in [3.8, 4) is 6.07 Å². The van der Waals surface area contributed by atoms with Crippen molar-refractivity contribution in [2.24, 2.45) is 7.05 Å². The van der Waals surface area contributed by atoms with Gasteiger partial charge >= 0.3 is 5.97 Å². The van der Waals surface area contributed by atoms with Gasteiger partial charge in [0.1, 0.15) is 0 Å². The molecule has 0 atom stereocenters. The van der Waals surface area contributed by atoms with Crippen LogP contribution < -0.4 is 0 Å². The summed E-state index contributed by atoms with van der Waals surface area (Å²) in [7, 11) is 2.97. The lowest BCUT2D eigenvalue weighted by Crippen LogP contribution is -2.03. The van der Waals surface area contributed by atoms with Gasteiger partial charge in [-0.25, -0.2) is 4.79 Å². The number of nitrogens with zero attached hydrogens (tertiary/aromatic N) is 3. The Kier molecular flexibility index (Phi) is 2.65. The van der Waals surface area contributed by atoms with Crippen molar-refractivity contribution in [1.29, 1.82) is 5.26 Å².